The maximum absolute atomic E-state index is 12.6. The Bertz CT molecular complexity index is 327. The molecule has 0 aliphatic rings. The van der Waals surface area contributed by atoms with E-state index >= 15 is 0 Å². The third-order valence-electron chi connectivity index (χ3n) is 1.57. The SMILES string of the molecule is Fc1ccccc1C(F)(F)C(F)(F)F. The van der Waals surface area contributed by atoms with Crippen LogP contribution < -0.4 is 0 Å². The van der Waals surface area contributed by atoms with Crippen LogP contribution in [0.2, 0.25) is 0 Å². The van der Waals surface area contributed by atoms with Crippen molar-refractivity contribution in [1.29, 1.82) is 0 Å². The minimum absolute atomic E-state index is 0.406. The molecule has 1 aromatic rings. The van der Waals surface area contributed by atoms with Gasteiger partial charge >= 0.3 is 12.1 Å². The molecule has 0 aromatic heterocycles. The van der Waals surface area contributed by atoms with Crippen LogP contribution in [0.4, 0.5) is 26.3 Å². The van der Waals surface area contributed by atoms with Crippen LogP contribution in [-0.4, -0.2) is 6.18 Å². The molecule has 0 saturated heterocycles. The Morgan fingerprint density at radius 1 is 0.857 bits per heavy atom. The monoisotopic (exact) mass is 214 g/mol. The van der Waals surface area contributed by atoms with Crippen LogP contribution in [0.3, 0.4) is 0 Å². The van der Waals surface area contributed by atoms with E-state index in [9.17, 15) is 26.3 Å². The average Bonchev–Trinajstić information content (AvgIpc) is 2.02. The third kappa shape index (κ3) is 1.69. The van der Waals surface area contributed by atoms with E-state index in [0.717, 1.165) is 12.1 Å². The van der Waals surface area contributed by atoms with Gasteiger partial charge in [-0.15, -0.1) is 0 Å². The minimum atomic E-state index is -5.78. The molecule has 0 aliphatic carbocycles. The van der Waals surface area contributed by atoms with E-state index in [1.165, 1.54) is 0 Å². The molecule has 0 aliphatic heterocycles. The molecular formula is C8H4F6. The largest absolute Gasteiger partial charge is 0.458 e. The highest BCUT2D eigenvalue weighted by molar-refractivity contribution is 5.23. The smallest absolute Gasteiger partial charge is 0.206 e. The van der Waals surface area contributed by atoms with Gasteiger partial charge in [-0.05, 0) is 12.1 Å². The summed E-state index contributed by atoms with van der Waals surface area (Å²) in [7, 11) is 0. The summed E-state index contributed by atoms with van der Waals surface area (Å²) in [5.41, 5.74) is -1.66. The molecule has 78 valence electrons. The van der Waals surface area contributed by atoms with Crippen LogP contribution in [0.25, 0.3) is 0 Å². The summed E-state index contributed by atoms with van der Waals surface area (Å²) in [4.78, 5) is 0. The van der Waals surface area contributed by atoms with Crippen molar-refractivity contribution in [2.24, 2.45) is 0 Å². The van der Waals surface area contributed by atoms with Gasteiger partial charge in [0.25, 0.3) is 0 Å². The molecule has 14 heavy (non-hydrogen) atoms. The Hall–Kier alpha value is -1.20. The molecule has 1 rings (SSSR count). The van der Waals surface area contributed by atoms with Crippen molar-refractivity contribution in [3.8, 4) is 0 Å². The summed E-state index contributed by atoms with van der Waals surface area (Å²) in [5, 5.41) is 0. The second-order valence-corrected chi connectivity index (χ2v) is 2.55. The molecule has 0 radical (unpaired) electrons. The number of alkyl halides is 5. The van der Waals surface area contributed by atoms with Crippen LogP contribution in [-0.2, 0) is 5.92 Å². The molecule has 6 heteroatoms. The second-order valence-electron chi connectivity index (χ2n) is 2.55. The predicted molar refractivity (Wildman–Crippen MR) is 36.3 cm³/mol. The van der Waals surface area contributed by atoms with Crippen molar-refractivity contribution in [2.45, 2.75) is 12.1 Å². The Balaban J connectivity index is 3.23. The zero-order valence-corrected chi connectivity index (χ0v) is 6.58. The van der Waals surface area contributed by atoms with Gasteiger partial charge in [0.05, 0.1) is 5.56 Å². The van der Waals surface area contributed by atoms with Crippen molar-refractivity contribution in [1.82, 2.24) is 0 Å². The second kappa shape index (κ2) is 3.18. The Labute approximate surface area is 75.2 Å². The molecule has 0 atom stereocenters. The van der Waals surface area contributed by atoms with Crippen molar-refractivity contribution < 1.29 is 26.3 Å². The highest BCUT2D eigenvalue weighted by Gasteiger charge is 2.59. The quantitative estimate of drug-likeness (QED) is 0.628. The van der Waals surface area contributed by atoms with Crippen molar-refractivity contribution in [3.63, 3.8) is 0 Å². The summed E-state index contributed by atoms with van der Waals surface area (Å²) in [6.45, 7) is 0. The van der Waals surface area contributed by atoms with E-state index < -0.39 is 23.5 Å². The first kappa shape index (κ1) is 10.9. The summed E-state index contributed by atoms with van der Waals surface area (Å²) in [6, 6.07) is 2.90. The summed E-state index contributed by atoms with van der Waals surface area (Å²) in [5.74, 6) is -6.73. The normalized spacial score (nSPS) is 13.0. The van der Waals surface area contributed by atoms with Gasteiger partial charge in [-0.1, -0.05) is 12.1 Å². The predicted octanol–water partition coefficient (Wildman–Crippen LogP) is 3.48. The lowest BCUT2D eigenvalue weighted by atomic mass is 10.1. The molecule has 0 bridgehead atoms. The van der Waals surface area contributed by atoms with E-state index in [4.69, 9.17) is 0 Å². The number of benzene rings is 1. The van der Waals surface area contributed by atoms with Crippen molar-refractivity contribution in [2.75, 3.05) is 0 Å². The fourth-order valence-corrected chi connectivity index (χ4v) is 0.869. The molecule has 0 saturated carbocycles. The van der Waals surface area contributed by atoms with E-state index in [2.05, 4.69) is 0 Å². The van der Waals surface area contributed by atoms with Crippen LogP contribution in [0.5, 0.6) is 0 Å². The lowest BCUT2D eigenvalue weighted by molar-refractivity contribution is -0.290. The summed E-state index contributed by atoms with van der Waals surface area (Å²) in [6.07, 6.45) is -5.78. The zero-order valence-electron chi connectivity index (χ0n) is 6.58. The fraction of sp³-hybridized carbons (Fsp3) is 0.250. The number of halogens is 6. The molecule has 0 heterocycles. The first-order valence-electron chi connectivity index (χ1n) is 3.46. The Morgan fingerprint density at radius 2 is 1.36 bits per heavy atom. The van der Waals surface area contributed by atoms with Crippen LogP contribution >= 0.6 is 0 Å². The van der Waals surface area contributed by atoms with Gasteiger partial charge < -0.3 is 0 Å². The van der Waals surface area contributed by atoms with E-state index in [0.29, 0.717) is 12.1 Å². The van der Waals surface area contributed by atoms with Crippen LogP contribution in [0, 0.1) is 5.82 Å². The van der Waals surface area contributed by atoms with Gasteiger partial charge in [-0.25, -0.2) is 4.39 Å². The van der Waals surface area contributed by atoms with Gasteiger partial charge in [0.2, 0.25) is 0 Å². The van der Waals surface area contributed by atoms with Crippen molar-refractivity contribution in [3.05, 3.63) is 35.6 Å². The zero-order chi connectivity index (χ0) is 11.0. The number of hydrogen-bond donors (Lipinski definition) is 0. The molecular weight excluding hydrogens is 210 g/mol. The first-order valence-corrected chi connectivity index (χ1v) is 3.46. The molecule has 0 nitrogen and oxygen atoms in total. The lowest BCUT2D eigenvalue weighted by Crippen LogP contribution is -2.34. The summed E-state index contributed by atoms with van der Waals surface area (Å²) < 4.78 is 73.1. The third-order valence-corrected chi connectivity index (χ3v) is 1.57. The van der Waals surface area contributed by atoms with Gasteiger partial charge in [-0.2, -0.15) is 22.0 Å². The van der Waals surface area contributed by atoms with E-state index in [1.54, 1.807) is 0 Å². The maximum atomic E-state index is 12.6. The van der Waals surface area contributed by atoms with Gasteiger partial charge in [0.15, 0.2) is 0 Å². The highest BCUT2D eigenvalue weighted by Crippen LogP contribution is 2.44. The van der Waals surface area contributed by atoms with Crippen LogP contribution in [0.1, 0.15) is 5.56 Å². The minimum Gasteiger partial charge on any atom is -0.206 e. The highest BCUT2D eigenvalue weighted by atomic mass is 19.4. The molecule has 0 fully saturated rings. The summed E-state index contributed by atoms with van der Waals surface area (Å²) >= 11 is 0. The van der Waals surface area contributed by atoms with Crippen molar-refractivity contribution >= 4 is 0 Å². The van der Waals surface area contributed by atoms with Gasteiger partial charge in [0.1, 0.15) is 5.82 Å². The fourth-order valence-electron chi connectivity index (χ4n) is 0.869. The van der Waals surface area contributed by atoms with Gasteiger partial charge in [-0.3, -0.25) is 0 Å². The molecule has 0 N–H and O–H groups in total. The molecule has 0 amide bonds. The van der Waals surface area contributed by atoms with E-state index in [-0.39, 0.29) is 0 Å². The van der Waals surface area contributed by atoms with E-state index in [1.807, 2.05) is 0 Å². The van der Waals surface area contributed by atoms with Crippen LogP contribution in [0.15, 0.2) is 24.3 Å². The first-order chi connectivity index (χ1) is 6.27. The number of hydrogen-bond acceptors (Lipinski definition) is 0. The standard InChI is InChI=1S/C8H4F6/c9-6-4-2-1-3-5(6)7(10,11)8(12,13)14/h1-4H. The topological polar surface area (TPSA) is 0 Å². The average molecular weight is 214 g/mol. The molecule has 1 aromatic carbocycles. The Morgan fingerprint density at radius 3 is 1.79 bits per heavy atom. The lowest BCUT2D eigenvalue weighted by Gasteiger charge is -2.19. The molecule has 0 unspecified atom stereocenters. The van der Waals surface area contributed by atoms with Gasteiger partial charge in [0, 0.05) is 0 Å². The molecule has 0 spiro atoms. The number of rotatable bonds is 1. The Kier molecular flexibility index (Phi) is 2.47. The maximum Gasteiger partial charge on any atom is 0.458 e.